The molecule has 0 spiro atoms. The number of carboxylic acids is 1. The number of carbonyl (C=O) groups is 1. The number of fused-ring (bicyclic) bond motifs is 1. The van der Waals surface area contributed by atoms with Gasteiger partial charge < -0.3 is 19.9 Å². The summed E-state index contributed by atoms with van der Waals surface area (Å²) in [5, 5.41) is 18.5. The number of phenols is 1. The Morgan fingerprint density at radius 3 is 2.76 bits per heavy atom. The topological polar surface area (TPSA) is 95.4 Å². The fraction of sp³-hybridized carbons (Fsp3) is 0.0667. The van der Waals surface area contributed by atoms with Crippen LogP contribution in [0, 0.1) is 0 Å². The van der Waals surface area contributed by atoms with Gasteiger partial charge in [-0.3, -0.25) is 0 Å². The molecule has 1 aromatic heterocycles. The zero-order chi connectivity index (χ0) is 15.0. The average molecular weight is 284 g/mol. The van der Waals surface area contributed by atoms with E-state index in [0.29, 0.717) is 28.2 Å². The van der Waals surface area contributed by atoms with E-state index in [4.69, 9.17) is 9.84 Å². The Morgan fingerprint density at radius 2 is 2.05 bits per heavy atom. The zero-order valence-electron chi connectivity index (χ0n) is 11.1. The lowest BCUT2D eigenvalue weighted by molar-refractivity contribution is 0.0697. The Morgan fingerprint density at radius 1 is 1.24 bits per heavy atom. The fourth-order valence-electron chi connectivity index (χ4n) is 2.15. The highest BCUT2D eigenvalue weighted by Crippen LogP contribution is 2.32. The summed E-state index contributed by atoms with van der Waals surface area (Å²) in [6.07, 6.45) is 0. The first kappa shape index (κ1) is 13.0. The molecule has 0 aliphatic heterocycles. The van der Waals surface area contributed by atoms with E-state index in [1.54, 1.807) is 12.1 Å². The predicted molar refractivity (Wildman–Crippen MR) is 76.7 cm³/mol. The summed E-state index contributed by atoms with van der Waals surface area (Å²) in [5.41, 5.74) is 2.16. The van der Waals surface area contributed by atoms with Crippen molar-refractivity contribution in [1.29, 1.82) is 0 Å². The quantitative estimate of drug-likeness (QED) is 0.687. The summed E-state index contributed by atoms with van der Waals surface area (Å²) in [6.45, 7) is 0. The number of aromatic amines is 1. The maximum atomic E-state index is 11.0. The molecule has 0 saturated carbocycles. The van der Waals surface area contributed by atoms with E-state index in [1.165, 1.54) is 31.4 Å². The SMILES string of the molecule is COc1cc(O)ccc1-c1nc2ccc(C(=O)O)cc2[nH]1. The highest BCUT2D eigenvalue weighted by molar-refractivity contribution is 5.93. The van der Waals surface area contributed by atoms with Crippen molar-refractivity contribution in [2.45, 2.75) is 0 Å². The number of H-pyrrole nitrogens is 1. The first-order valence-corrected chi connectivity index (χ1v) is 6.19. The Labute approximate surface area is 119 Å². The van der Waals surface area contributed by atoms with Crippen LogP contribution in [0.5, 0.6) is 11.5 Å². The Balaban J connectivity index is 2.15. The van der Waals surface area contributed by atoms with Crippen molar-refractivity contribution >= 4 is 17.0 Å². The first-order chi connectivity index (χ1) is 10.1. The van der Waals surface area contributed by atoms with Crippen LogP contribution in [-0.4, -0.2) is 33.3 Å². The van der Waals surface area contributed by atoms with Gasteiger partial charge in [-0.15, -0.1) is 0 Å². The van der Waals surface area contributed by atoms with E-state index >= 15 is 0 Å². The normalized spacial score (nSPS) is 10.7. The maximum Gasteiger partial charge on any atom is 0.335 e. The summed E-state index contributed by atoms with van der Waals surface area (Å²) in [5.74, 6) is 0.132. The predicted octanol–water partition coefficient (Wildman–Crippen LogP) is 2.64. The van der Waals surface area contributed by atoms with Gasteiger partial charge in [0.15, 0.2) is 0 Å². The van der Waals surface area contributed by atoms with E-state index in [-0.39, 0.29) is 11.3 Å². The van der Waals surface area contributed by atoms with Gasteiger partial charge in [0, 0.05) is 6.07 Å². The molecule has 0 saturated heterocycles. The number of hydrogen-bond acceptors (Lipinski definition) is 4. The number of nitrogens with one attached hydrogen (secondary N) is 1. The molecule has 0 unspecified atom stereocenters. The van der Waals surface area contributed by atoms with Crippen molar-refractivity contribution in [1.82, 2.24) is 9.97 Å². The van der Waals surface area contributed by atoms with Crippen molar-refractivity contribution in [2.75, 3.05) is 7.11 Å². The molecule has 0 atom stereocenters. The maximum absolute atomic E-state index is 11.0. The highest BCUT2D eigenvalue weighted by atomic mass is 16.5. The highest BCUT2D eigenvalue weighted by Gasteiger charge is 2.12. The van der Waals surface area contributed by atoms with Gasteiger partial charge in [-0.1, -0.05) is 0 Å². The van der Waals surface area contributed by atoms with E-state index in [1.807, 2.05) is 0 Å². The van der Waals surface area contributed by atoms with Crippen LogP contribution in [0.25, 0.3) is 22.4 Å². The molecule has 106 valence electrons. The fourth-order valence-corrected chi connectivity index (χ4v) is 2.15. The lowest BCUT2D eigenvalue weighted by Crippen LogP contribution is -1.94. The molecule has 0 aliphatic carbocycles. The summed E-state index contributed by atoms with van der Waals surface area (Å²) < 4.78 is 5.22. The van der Waals surface area contributed by atoms with Crippen LogP contribution < -0.4 is 4.74 Å². The lowest BCUT2D eigenvalue weighted by atomic mass is 10.2. The second kappa shape index (κ2) is 4.82. The molecule has 1 heterocycles. The summed E-state index contributed by atoms with van der Waals surface area (Å²) in [4.78, 5) is 18.5. The largest absolute Gasteiger partial charge is 0.508 e. The third kappa shape index (κ3) is 2.27. The van der Waals surface area contributed by atoms with E-state index in [0.717, 1.165) is 0 Å². The number of aromatic hydroxyl groups is 1. The second-order valence-corrected chi connectivity index (χ2v) is 4.51. The number of phenolic OH excluding ortho intramolecular Hbond substituents is 1. The van der Waals surface area contributed by atoms with Gasteiger partial charge in [0.05, 0.1) is 29.3 Å². The van der Waals surface area contributed by atoms with Crippen LogP contribution in [0.15, 0.2) is 36.4 Å². The molecule has 2 aromatic carbocycles. The molecule has 0 fully saturated rings. The molecule has 3 rings (SSSR count). The molecular formula is C15H12N2O4. The molecule has 6 nitrogen and oxygen atoms in total. The number of methoxy groups -OCH3 is 1. The van der Waals surface area contributed by atoms with Crippen LogP contribution in [0.4, 0.5) is 0 Å². The van der Waals surface area contributed by atoms with Gasteiger partial charge in [-0.25, -0.2) is 9.78 Å². The third-order valence-corrected chi connectivity index (χ3v) is 3.17. The van der Waals surface area contributed by atoms with Gasteiger partial charge in [-0.05, 0) is 30.3 Å². The minimum absolute atomic E-state index is 0.0971. The van der Waals surface area contributed by atoms with Crippen molar-refractivity contribution in [2.24, 2.45) is 0 Å². The number of benzene rings is 2. The Bertz CT molecular complexity index is 839. The molecule has 0 aliphatic rings. The number of aromatic nitrogens is 2. The van der Waals surface area contributed by atoms with Gasteiger partial charge in [-0.2, -0.15) is 0 Å². The minimum Gasteiger partial charge on any atom is -0.508 e. The van der Waals surface area contributed by atoms with Gasteiger partial charge in [0.25, 0.3) is 0 Å². The zero-order valence-corrected chi connectivity index (χ0v) is 11.1. The summed E-state index contributed by atoms with van der Waals surface area (Å²) in [6, 6.07) is 9.39. The second-order valence-electron chi connectivity index (χ2n) is 4.51. The molecule has 0 amide bonds. The molecule has 3 aromatic rings. The number of imidazole rings is 1. The number of aromatic carboxylic acids is 1. The average Bonchev–Trinajstić information content (AvgIpc) is 2.89. The van der Waals surface area contributed by atoms with Crippen LogP contribution in [0.1, 0.15) is 10.4 Å². The Hall–Kier alpha value is -3.02. The number of carboxylic acid groups (broad SMARTS) is 1. The standard InChI is InChI=1S/C15H12N2O4/c1-21-13-7-9(18)3-4-10(13)14-16-11-5-2-8(15(19)20)6-12(11)17-14/h2-7,18H,1H3,(H,16,17)(H,19,20). The van der Waals surface area contributed by atoms with Crippen molar-refractivity contribution in [3.63, 3.8) is 0 Å². The lowest BCUT2D eigenvalue weighted by Gasteiger charge is -2.06. The minimum atomic E-state index is -0.990. The molecule has 0 bridgehead atoms. The number of ether oxygens (including phenoxy) is 1. The van der Waals surface area contributed by atoms with Gasteiger partial charge in [0.1, 0.15) is 17.3 Å². The third-order valence-electron chi connectivity index (χ3n) is 3.17. The Kier molecular flexibility index (Phi) is 2.98. The van der Waals surface area contributed by atoms with Crippen LogP contribution in [-0.2, 0) is 0 Å². The van der Waals surface area contributed by atoms with Crippen molar-refractivity contribution in [3.8, 4) is 22.9 Å². The van der Waals surface area contributed by atoms with Crippen LogP contribution in [0.2, 0.25) is 0 Å². The van der Waals surface area contributed by atoms with Crippen molar-refractivity contribution in [3.05, 3.63) is 42.0 Å². The summed E-state index contributed by atoms with van der Waals surface area (Å²) >= 11 is 0. The van der Waals surface area contributed by atoms with Gasteiger partial charge >= 0.3 is 5.97 Å². The number of hydrogen-bond donors (Lipinski definition) is 3. The van der Waals surface area contributed by atoms with Crippen molar-refractivity contribution < 1.29 is 19.7 Å². The van der Waals surface area contributed by atoms with Crippen LogP contribution >= 0.6 is 0 Å². The molecule has 21 heavy (non-hydrogen) atoms. The molecular weight excluding hydrogens is 272 g/mol. The van der Waals surface area contributed by atoms with Gasteiger partial charge in [0.2, 0.25) is 0 Å². The van der Waals surface area contributed by atoms with Crippen LogP contribution in [0.3, 0.4) is 0 Å². The number of nitrogens with zero attached hydrogens (tertiary/aromatic N) is 1. The summed E-state index contributed by atoms with van der Waals surface area (Å²) in [7, 11) is 1.50. The van der Waals surface area contributed by atoms with E-state index in [9.17, 15) is 9.90 Å². The van der Waals surface area contributed by atoms with E-state index < -0.39 is 5.97 Å². The number of rotatable bonds is 3. The monoisotopic (exact) mass is 284 g/mol. The van der Waals surface area contributed by atoms with E-state index in [2.05, 4.69) is 9.97 Å². The smallest absolute Gasteiger partial charge is 0.335 e. The first-order valence-electron chi connectivity index (χ1n) is 6.19. The molecule has 0 radical (unpaired) electrons. The molecule has 6 heteroatoms. The molecule has 3 N–H and O–H groups in total.